The quantitative estimate of drug-likeness (QED) is 0.529. The lowest BCUT2D eigenvalue weighted by Gasteiger charge is -2.36. The number of rotatable bonds is 3. The maximum atomic E-state index is 13.6. The Kier molecular flexibility index (Phi) is 4.81. The lowest BCUT2D eigenvalue weighted by Crippen LogP contribution is -2.41. The van der Waals surface area contributed by atoms with Gasteiger partial charge in [-0.1, -0.05) is 24.3 Å². The summed E-state index contributed by atoms with van der Waals surface area (Å²) < 4.78 is 0. The van der Waals surface area contributed by atoms with E-state index in [1.807, 2.05) is 42.2 Å². The third-order valence-corrected chi connectivity index (χ3v) is 6.26. The maximum Gasteiger partial charge on any atom is 0.272 e. The summed E-state index contributed by atoms with van der Waals surface area (Å²) in [5.41, 5.74) is 3.44. The van der Waals surface area contributed by atoms with E-state index in [-0.39, 0.29) is 17.5 Å². The molecular weight excluding hydrogens is 390 g/mol. The van der Waals surface area contributed by atoms with E-state index >= 15 is 0 Å². The molecule has 2 aromatic heterocycles. The van der Waals surface area contributed by atoms with Crippen LogP contribution in [0.15, 0.2) is 47.3 Å². The average Bonchev–Trinajstić information content (AvgIpc) is 3.22. The van der Waals surface area contributed by atoms with E-state index in [2.05, 4.69) is 28.2 Å². The van der Waals surface area contributed by atoms with Gasteiger partial charge in [0, 0.05) is 11.9 Å². The number of H-pyrrole nitrogens is 2. The smallest absolute Gasteiger partial charge is 0.272 e. The Balaban J connectivity index is 1.51. The minimum atomic E-state index is -0.478. The number of imidazole rings is 1. The van der Waals surface area contributed by atoms with Gasteiger partial charge in [-0.05, 0) is 56.9 Å². The zero-order valence-electron chi connectivity index (χ0n) is 17.7. The predicted octanol–water partition coefficient (Wildman–Crippen LogP) is 3.97. The number of likely N-dealkylation sites (tertiary alicyclic amines) is 1. The van der Waals surface area contributed by atoms with Crippen molar-refractivity contribution in [1.29, 1.82) is 0 Å². The first-order valence-electron chi connectivity index (χ1n) is 10.8. The Labute approximate surface area is 179 Å². The van der Waals surface area contributed by atoms with Gasteiger partial charge in [0.2, 0.25) is 5.91 Å². The number of carbonyl (C=O) groups is 1. The van der Waals surface area contributed by atoms with Gasteiger partial charge in [0.15, 0.2) is 0 Å². The molecule has 1 amide bonds. The average molecular weight is 415 g/mol. The van der Waals surface area contributed by atoms with Crippen molar-refractivity contribution in [3.05, 3.63) is 69.9 Å². The van der Waals surface area contributed by atoms with E-state index in [4.69, 9.17) is 4.98 Å². The molecule has 2 atom stereocenters. The van der Waals surface area contributed by atoms with Crippen molar-refractivity contribution in [2.45, 2.75) is 45.1 Å². The van der Waals surface area contributed by atoms with Crippen molar-refractivity contribution in [1.82, 2.24) is 25.1 Å². The molecule has 2 aromatic carbocycles. The zero-order chi connectivity index (χ0) is 21.5. The Morgan fingerprint density at radius 1 is 1.16 bits per heavy atom. The molecule has 1 fully saturated rings. The number of aryl methyl sites for hydroxylation is 1. The molecular formula is C24H25N5O2. The van der Waals surface area contributed by atoms with Gasteiger partial charge >= 0.3 is 0 Å². The highest BCUT2D eigenvalue weighted by molar-refractivity contribution is 5.91. The summed E-state index contributed by atoms with van der Waals surface area (Å²) in [6, 6.07) is 13.3. The fourth-order valence-corrected chi connectivity index (χ4v) is 4.61. The van der Waals surface area contributed by atoms with Crippen molar-refractivity contribution in [2.24, 2.45) is 0 Å². The fourth-order valence-electron chi connectivity index (χ4n) is 4.61. The highest BCUT2D eigenvalue weighted by Gasteiger charge is 2.34. The maximum absolute atomic E-state index is 13.6. The van der Waals surface area contributed by atoms with Crippen LogP contribution in [0, 0.1) is 6.92 Å². The summed E-state index contributed by atoms with van der Waals surface area (Å²) in [5, 5.41) is 8.08. The van der Waals surface area contributed by atoms with Gasteiger partial charge in [-0.15, -0.1) is 0 Å². The van der Waals surface area contributed by atoms with Crippen LogP contribution in [0.4, 0.5) is 0 Å². The molecule has 0 radical (unpaired) electrons. The third-order valence-electron chi connectivity index (χ3n) is 6.26. The molecule has 31 heavy (non-hydrogen) atoms. The summed E-state index contributed by atoms with van der Waals surface area (Å²) in [6.45, 7) is 4.61. The van der Waals surface area contributed by atoms with Crippen molar-refractivity contribution in [3.63, 3.8) is 0 Å². The van der Waals surface area contributed by atoms with Gasteiger partial charge in [0.1, 0.15) is 5.82 Å². The molecule has 7 nitrogen and oxygen atoms in total. The van der Waals surface area contributed by atoms with Crippen LogP contribution >= 0.6 is 0 Å². The SMILES string of the molecule is Cc1ccc2nc([C@@H]3CCCCN3C(=O)[C@H](C)c3n[nH]c(=O)c4ccccc34)[nH]c2c1. The number of carbonyl (C=O) groups excluding carboxylic acids is 1. The topological polar surface area (TPSA) is 94.7 Å². The van der Waals surface area contributed by atoms with Gasteiger partial charge in [0.25, 0.3) is 5.56 Å². The van der Waals surface area contributed by atoms with Crippen molar-refractivity contribution >= 4 is 27.7 Å². The Morgan fingerprint density at radius 2 is 1.97 bits per heavy atom. The van der Waals surface area contributed by atoms with Crippen LogP contribution in [-0.2, 0) is 4.79 Å². The molecule has 158 valence electrons. The molecule has 0 spiro atoms. The van der Waals surface area contributed by atoms with Gasteiger partial charge in [0.05, 0.1) is 34.1 Å². The van der Waals surface area contributed by atoms with Crippen molar-refractivity contribution < 1.29 is 4.79 Å². The van der Waals surface area contributed by atoms with Gasteiger partial charge in [-0.25, -0.2) is 10.1 Å². The number of piperidine rings is 1. The molecule has 1 aliphatic rings. The monoisotopic (exact) mass is 415 g/mol. The molecule has 0 saturated carbocycles. The molecule has 3 heterocycles. The number of hydrogen-bond acceptors (Lipinski definition) is 4. The number of fused-ring (bicyclic) bond motifs is 2. The summed E-state index contributed by atoms with van der Waals surface area (Å²) >= 11 is 0. The molecule has 0 bridgehead atoms. The van der Waals surface area contributed by atoms with Crippen LogP contribution in [-0.4, -0.2) is 37.5 Å². The second kappa shape index (κ2) is 7.65. The number of benzene rings is 2. The number of aromatic amines is 2. The van der Waals surface area contributed by atoms with Gasteiger partial charge in [-0.2, -0.15) is 5.10 Å². The Bertz CT molecular complexity index is 1340. The largest absolute Gasteiger partial charge is 0.340 e. The van der Waals surface area contributed by atoms with Crippen molar-refractivity contribution in [2.75, 3.05) is 6.54 Å². The van der Waals surface area contributed by atoms with E-state index in [1.54, 1.807) is 6.07 Å². The molecule has 4 aromatic rings. The van der Waals surface area contributed by atoms with Gasteiger partial charge in [-0.3, -0.25) is 9.59 Å². The summed E-state index contributed by atoms with van der Waals surface area (Å²) in [5.74, 6) is 0.361. The normalized spacial score (nSPS) is 17.9. The van der Waals surface area contributed by atoms with Crippen LogP contribution in [0.25, 0.3) is 21.8 Å². The fraction of sp³-hybridized carbons (Fsp3) is 0.333. The zero-order valence-corrected chi connectivity index (χ0v) is 17.7. The van der Waals surface area contributed by atoms with Crippen LogP contribution < -0.4 is 5.56 Å². The van der Waals surface area contributed by atoms with Crippen LogP contribution in [0.3, 0.4) is 0 Å². The Morgan fingerprint density at radius 3 is 2.81 bits per heavy atom. The summed E-state index contributed by atoms with van der Waals surface area (Å²) in [7, 11) is 0. The van der Waals surface area contributed by atoms with E-state index in [9.17, 15) is 9.59 Å². The molecule has 1 aliphatic heterocycles. The second-order valence-electron chi connectivity index (χ2n) is 8.39. The molecule has 0 aliphatic carbocycles. The lowest BCUT2D eigenvalue weighted by molar-refractivity contribution is -0.136. The lowest BCUT2D eigenvalue weighted by atomic mass is 9.96. The summed E-state index contributed by atoms with van der Waals surface area (Å²) in [6.07, 6.45) is 2.89. The third kappa shape index (κ3) is 3.40. The minimum Gasteiger partial charge on any atom is -0.340 e. The van der Waals surface area contributed by atoms with E-state index in [0.717, 1.165) is 41.5 Å². The van der Waals surface area contributed by atoms with E-state index < -0.39 is 5.92 Å². The van der Waals surface area contributed by atoms with E-state index in [0.29, 0.717) is 17.6 Å². The number of aromatic nitrogens is 4. The number of nitrogens with one attached hydrogen (secondary N) is 2. The highest BCUT2D eigenvalue weighted by Crippen LogP contribution is 2.34. The molecule has 0 unspecified atom stereocenters. The minimum absolute atomic E-state index is 0.00559. The van der Waals surface area contributed by atoms with Crippen molar-refractivity contribution in [3.8, 4) is 0 Å². The molecule has 1 saturated heterocycles. The van der Waals surface area contributed by atoms with Gasteiger partial charge < -0.3 is 9.88 Å². The molecule has 7 heteroatoms. The second-order valence-corrected chi connectivity index (χ2v) is 8.39. The number of amides is 1. The molecule has 2 N–H and O–H groups in total. The number of nitrogens with zero attached hydrogens (tertiary/aromatic N) is 3. The number of hydrogen-bond donors (Lipinski definition) is 2. The van der Waals surface area contributed by atoms with E-state index in [1.165, 1.54) is 5.56 Å². The summed E-state index contributed by atoms with van der Waals surface area (Å²) in [4.78, 5) is 35.9. The van der Waals surface area contributed by atoms with Crippen LogP contribution in [0.5, 0.6) is 0 Å². The van der Waals surface area contributed by atoms with Crippen LogP contribution in [0.2, 0.25) is 0 Å². The molecule has 5 rings (SSSR count). The van der Waals surface area contributed by atoms with Crippen LogP contribution in [0.1, 0.15) is 55.2 Å². The predicted molar refractivity (Wildman–Crippen MR) is 120 cm³/mol. The first kappa shape index (κ1) is 19.5. The first-order chi connectivity index (χ1) is 15.0. The standard InChI is InChI=1S/C24H25N5O2/c1-14-10-11-18-19(13-14)26-22(25-18)20-9-5-6-12-29(20)24(31)15(2)21-16-7-3-4-8-17(16)23(30)28-27-21/h3-4,7-8,10-11,13,15,20H,5-6,9,12H2,1-2H3,(H,25,26)(H,28,30)/t15-,20+/m1/s1. The highest BCUT2D eigenvalue weighted by atomic mass is 16.2. The first-order valence-corrected chi connectivity index (χ1v) is 10.8. The Hall–Kier alpha value is -3.48.